The zero-order valence-corrected chi connectivity index (χ0v) is 12.0. The van der Waals surface area contributed by atoms with Gasteiger partial charge in [-0.05, 0) is 43.7 Å². The van der Waals surface area contributed by atoms with Crippen molar-refractivity contribution in [2.75, 3.05) is 13.7 Å². The van der Waals surface area contributed by atoms with Crippen molar-refractivity contribution in [3.8, 4) is 5.88 Å². The third kappa shape index (κ3) is 3.93. The highest BCUT2D eigenvalue weighted by molar-refractivity contribution is 5.78. The van der Waals surface area contributed by atoms with Crippen LogP contribution in [0.25, 0.3) is 0 Å². The molecule has 1 fully saturated rings. The molecule has 3 N–H and O–H groups in total. The number of hydrogen-bond acceptors (Lipinski definition) is 4. The van der Waals surface area contributed by atoms with Gasteiger partial charge in [-0.3, -0.25) is 4.79 Å². The lowest BCUT2D eigenvalue weighted by atomic mass is 9.81. The van der Waals surface area contributed by atoms with Crippen molar-refractivity contribution < 1.29 is 9.53 Å². The molecule has 1 heterocycles. The molecule has 0 radical (unpaired) electrons. The average molecular weight is 277 g/mol. The molecule has 110 valence electrons. The highest BCUT2D eigenvalue weighted by atomic mass is 16.5. The van der Waals surface area contributed by atoms with Gasteiger partial charge in [0.2, 0.25) is 11.8 Å². The minimum absolute atomic E-state index is 0.143. The Morgan fingerprint density at radius 2 is 2.15 bits per heavy atom. The number of ether oxygens (including phenoxy) is 1. The SMILES string of the molecule is COc1ccc(CNC(=O)C2CCC(CN)CC2)cn1. The van der Waals surface area contributed by atoms with Gasteiger partial charge in [-0.15, -0.1) is 0 Å². The molecule has 0 bridgehead atoms. The van der Waals surface area contributed by atoms with Crippen LogP contribution in [-0.2, 0) is 11.3 Å². The first kappa shape index (κ1) is 14.8. The Labute approximate surface area is 119 Å². The van der Waals surface area contributed by atoms with Gasteiger partial charge in [-0.2, -0.15) is 0 Å². The quantitative estimate of drug-likeness (QED) is 0.854. The third-order valence-electron chi connectivity index (χ3n) is 4.02. The van der Waals surface area contributed by atoms with Gasteiger partial charge in [0.15, 0.2) is 0 Å². The largest absolute Gasteiger partial charge is 0.481 e. The minimum Gasteiger partial charge on any atom is -0.481 e. The minimum atomic E-state index is 0.143. The number of pyridine rings is 1. The van der Waals surface area contributed by atoms with Crippen LogP contribution < -0.4 is 15.8 Å². The number of aromatic nitrogens is 1. The third-order valence-corrected chi connectivity index (χ3v) is 4.02. The Morgan fingerprint density at radius 3 is 2.70 bits per heavy atom. The van der Waals surface area contributed by atoms with E-state index in [1.807, 2.05) is 6.07 Å². The normalized spacial score (nSPS) is 22.3. The van der Waals surface area contributed by atoms with Gasteiger partial charge >= 0.3 is 0 Å². The van der Waals surface area contributed by atoms with Crippen LogP contribution in [0.3, 0.4) is 0 Å². The molecular formula is C15H23N3O2. The van der Waals surface area contributed by atoms with Crippen molar-refractivity contribution in [2.45, 2.75) is 32.2 Å². The fourth-order valence-corrected chi connectivity index (χ4v) is 2.63. The molecule has 1 aliphatic carbocycles. The Bertz CT molecular complexity index is 425. The second-order valence-corrected chi connectivity index (χ2v) is 5.38. The fraction of sp³-hybridized carbons (Fsp3) is 0.600. The molecule has 0 unspecified atom stereocenters. The molecule has 20 heavy (non-hydrogen) atoms. The molecule has 1 aromatic heterocycles. The Morgan fingerprint density at radius 1 is 1.40 bits per heavy atom. The molecule has 1 aliphatic rings. The maximum Gasteiger partial charge on any atom is 0.223 e. The second kappa shape index (κ2) is 7.24. The van der Waals surface area contributed by atoms with Crippen molar-refractivity contribution in [3.05, 3.63) is 23.9 Å². The number of carbonyl (C=O) groups is 1. The van der Waals surface area contributed by atoms with Gasteiger partial charge in [-0.25, -0.2) is 4.98 Å². The van der Waals surface area contributed by atoms with Crippen molar-refractivity contribution in [3.63, 3.8) is 0 Å². The van der Waals surface area contributed by atoms with E-state index < -0.39 is 0 Å². The van der Waals surface area contributed by atoms with Crippen molar-refractivity contribution >= 4 is 5.91 Å². The summed E-state index contributed by atoms with van der Waals surface area (Å²) in [6.45, 7) is 1.26. The molecule has 0 aliphatic heterocycles. The van der Waals surface area contributed by atoms with E-state index in [4.69, 9.17) is 10.5 Å². The molecule has 0 aromatic carbocycles. The summed E-state index contributed by atoms with van der Waals surface area (Å²) >= 11 is 0. The van der Waals surface area contributed by atoms with Crippen molar-refractivity contribution in [2.24, 2.45) is 17.6 Å². The maximum atomic E-state index is 12.1. The van der Waals surface area contributed by atoms with Gasteiger partial charge in [0.05, 0.1) is 7.11 Å². The monoisotopic (exact) mass is 277 g/mol. The standard InChI is InChI=1S/C15H23N3O2/c1-20-14-7-4-12(9-17-14)10-18-15(19)13-5-2-11(8-16)3-6-13/h4,7,9,11,13H,2-3,5-6,8,10,16H2,1H3,(H,18,19). The molecule has 5 heteroatoms. The summed E-state index contributed by atoms with van der Waals surface area (Å²) in [6.07, 6.45) is 5.77. The zero-order valence-electron chi connectivity index (χ0n) is 12.0. The van der Waals surface area contributed by atoms with Crippen LogP contribution in [0.15, 0.2) is 18.3 Å². The molecule has 1 aromatic rings. The highest BCUT2D eigenvalue weighted by Crippen LogP contribution is 2.28. The van der Waals surface area contributed by atoms with E-state index in [0.29, 0.717) is 18.3 Å². The zero-order chi connectivity index (χ0) is 14.4. The number of nitrogens with one attached hydrogen (secondary N) is 1. The lowest BCUT2D eigenvalue weighted by Gasteiger charge is -2.26. The van der Waals surface area contributed by atoms with E-state index in [9.17, 15) is 4.79 Å². The maximum absolute atomic E-state index is 12.1. The Balaban J connectivity index is 1.77. The molecule has 0 saturated heterocycles. The predicted molar refractivity (Wildman–Crippen MR) is 77.1 cm³/mol. The first-order valence-electron chi connectivity index (χ1n) is 7.19. The molecule has 0 spiro atoms. The van der Waals surface area contributed by atoms with Crippen LogP contribution >= 0.6 is 0 Å². The van der Waals surface area contributed by atoms with Crippen LogP contribution in [0, 0.1) is 11.8 Å². The van der Waals surface area contributed by atoms with E-state index in [1.54, 1.807) is 19.4 Å². The summed E-state index contributed by atoms with van der Waals surface area (Å²) in [5, 5.41) is 2.99. The van der Waals surface area contributed by atoms with Gasteiger partial charge in [-0.1, -0.05) is 6.07 Å². The Kier molecular flexibility index (Phi) is 5.35. The van der Waals surface area contributed by atoms with Crippen LogP contribution in [0.5, 0.6) is 5.88 Å². The number of amides is 1. The Hall–Kier alpha value is -1.62. The second-order valence-electron chi connectivity index (χ2n) is 5.38. The van der Waals surface area contributed by atoms with E-state index in [2.05, 4.69) is 10.3 Å². The summed E-state index contributed by atoms with van der Waals surface area (Å²) < 4.78 is 5.00. The van der Waals surface area contributed by atoms with Crippen LogP contribution in [0.1, 0.15) is 31.2 Å². The number of nitrogens with zero attached hydrogens (tertiary/aromatic N) is 1. The first-order valence-corrected chi connectivity index (χ1v) is 7.19. The number of nitrogens with two attached hydrogens (primary N) is 1. The molecule has 1 amide bonds. The molecule has 5 nitrogen and oxygen atoms in total. The summed E-state index contributed by atoms with van der Waals surface area (Å²) in [6, 6.07) is 3.71. The van der Waals surface area contributed by atoms with Gasteiger partial charge in [0.25, 0.3) is 0 Å². The van der Waals surface area contributed by atoms with Crippen molar-refractivity contribution in [1.29, 1.82) is 0 Å². The highest BCUT2D eigenvalue weighted by Gasteiger charge is 2.25. The number of rotatable bonds is 5. The molecule has 1 saturated carbocycles. The van der Waals surface area contributed by atoms with E-state index in [0.717, 1.165) is 37.8 Å². The van der Waals surface area contributed by atoms with E-state index in [-0.39, 0.29) is 11.8 Å². The lowest BCUT2D eigenvalue weighted by molar-refractivity contribution is -0.126. The number of carbonyl (C=O) groups excluding carboxylic acids is 1. The summed E-state index contributed by atoms with van der Waals surface area (Å²) in [7, 11) is 1.58. The summed E-state index contributed by atoms with van der Waals surface area (Å²) in [4.78, 5) is 16.2. The van der Waals surface area contributed by atoms with Gasteiger partial charge in [0, 0.05) is 24.7 Å². The predicted octanol–water partition coefficient (Wildman–Crippen LogP) is 1.47. The topological polar surface area (TPSA) is 77.2 Å². The van der Waals surface area contributed by atoms with Crippen LogP contribution in [0.2, 0.25) is 0 Å². The van der Waals surface area contributed by atoms with Gasteiger partial charge in [0.1, 0.15) is 0 Å². The summed E-state index contributed by atoms with van der Waals surface area (Å²) in [5.41, 5.74) is 6.65. The number of hydrogen-bond donors (Lipinski definition) is 2. The molecule has 0 atom stereocenters. The van der Waals surface area contributed by atoms with Crippen LogP contribution in [0.4, 0.5) is 0 Å². The van der Waals surface area contributed by atoms with Gasteiger partial charge < -0.3 is 15.8 Å². The molecular weight excluding hydrogens is 254 g/mol. The number of methoxy groups -OCH3 is 1. The molecule has 2 rings (SSSR count). The van der Waals surface area contributed by atoms with E-state index >= 15 is 0 Å². The van der Waals surface area contributed by atoms with Crippen LogP contribution in [-0.4, -0.2) is 24.5 Å². The lowest BCUT2D eigenvalue weighted by Crippen LogP contribution is -2.33. The van der Waals surface area contributed by atoms with Crippen molar-refractivity contribution in [1.82, 2.24) is 10.3 Å². The fourth-order valence-electron chi connectivity index (χ4n) is 2.63. The summed E-state index contributed by atoms with van der Waals surface area (Å²) in [5.74, 6) is 1.48. The smallest absolute Gasteiger partial charge is 0.223 e. The first-order chi connectivity index (χ1) is 9.72. The van der Waals surface area contributed by atoms with E-state index in [1.165, 1.54) is 0 Å². The average Bonchev–Trinajstić information content (AvgIpc) is 2.53.